The molecule has 3 aromatic rings. The quantitative estimate of drug-likeness (QED) is 0.289. The largest absolute Gasteiger partial charge is 0.427 e. The maximum absolute atomic E-state index is 13.9. The van der Waals surface area contributed by atoms with Crippen LogP contribution in [0.3, 0.4) is 0 Å². The number of hydrogen-bond donors (Lipinski definition) is 0. The number of esters is 1. The van der Waals surface area contributed by atoms with E-state index in [1.165, 1.54) is 34.1 Å². The number of anilines is 1. The van der Waals surface area contributed by atoms with Crippen LogP contribution in [-0.2, 0) is 14.4 Å². The van der Waals surface area contributed by atoms with Gasteiger partial charge in [-0.1, -0.05) is 56.3 Å². The maximum Gasteiger partial charge on any atom is 0.308 e. The van der Waals surface area contributed by atoms with Crippen molar-refractivity contribution in [2.45, 2.75) is 44.9 Å². The number of hydrogen-bond acceptors (Lipinski definition) is 4. The molecule has 35 heavy (non-hydrogen) atoms. The van der Waals surface area contributed by atoms with Crippen molar-refractivity contribution >= 4 is 23.5 Å². The van der Waals surface area contributed by atoms with E-state index in [9.17, 15) is 14.4 Å². The molecule has 5 unspecified atom stereocenters. The molecule has 2 amide bonds. The van der Waals surface area contributed by atoms with E-state index in [1.54, 1.807) is 24.3 Å². The van der Waals surface area contributed by atoms with E-state index in [4.69, 9.17) is 4.74 Å². The Bertz CT molecular complexity index is 1380. The minimum atomic E-state index is -0.421. The van der Waals surface area contributed by atoms with E-state index in [0.29, 0.717) is 17.4 Å². The lowest BCUT2D eigenvalue weighted by Crippen LogP contribution is -2.41. The monoisotopic (exact) mass is 465 g/mol. The second-order valence-corrected chi connectivity index (χ2v) is 9.93. The van der Waals surface area contributed by atoms with Crippen LogP contribution in [0, 0.1) is 11.8 Å². The topological polar surface area (TPSA) is 63.7 Å². The summed E-state index contributed by atoms with van der Waals surface area (Å²) < 4.78 is 5.12. The van der Waals surface area contributed by atoms with Crippen LogP contribution in [0.1, 0.15) is 72.8 Å². The molecular weight excluding hydrogens is 438 g/mol. The molecule has 3 aliphatic carbocycles. The van der Waals surface area contributed by atoms with Gasteiger partial charge in [0.15, 0.2) is 0 Å². The highest BCUT2D eigenvalue weighted by Crippen LogP contribution is 2.61. The van der Waals surface area contributed by atoms with E-state index < -0.39 is 17.8 Å². The van der Waals surface area contributed by atoms with Crippen molar-refractivity contribution in [3.63, 3.8) is 0 Å². The number of nitrogens with zero attached hydrogens (tertiary/aromatic N) is 1. The minimum absolute atomic E-state index is 0.135. The molecule has 3 aromatic carbocycles. The molecule has 5 atom stereocenters. The Morgan fingerprint density at radius 3 is 2.00 bits per heavy atom. The first-order valence-corrected chi connectivity index (χ1v) is 12.3. The number of carbonyl (C=O) groups excluding carboxylic acids is 3. The van der Waals surface area contributed by atoms with E-state index in [1.807, 2.05) is 12.1 Å². The zero-order valence-electron chi connectivity index (χ0n) is 20.0. The average Bonchev–Trinajstić information content (AvgIpc) is 3.13. The van der Waals surface area contributed by atoms with Gasteiger partial charge in [-0.15, -0.1) is 0 Å². The third kappa shape index (κ3) is 3.10. The van der Waals surface area contributed by atoms with Gasteiger partial charge in [-0.3, -0.25) is 14.4 Å². The summed E-state index contributed by atoms with van der Waals surface area (Å²) >= 11 is 0. The average molecular weight is 466 g/mol. The van der Waals surface area contributed by atoms with Crippen molar-refractivity contribution in [3.8, 4) is 5.75 Å². The van der Waals surface area contributed by atoms with Crippen LogP contribution in [0.5, 0.6) is 5.75 Å². The van der Waals surface area contributed by atoms with Gasteiger partial charge in [-0.05, 0) is 64.4 Å². The lowest BCUT2D eigenvalue weighted by atomic mass is 9.54. The summed E-state index contributed by atoms with van der Waals surface area (Å²) in [6.07, 6.45) is 1.05. The van der Waals surface area contributed by atoms with Gasteiger partial charge < -0.3 is 4.74 Å². The predicted molar refractivity (Wildman–Crippen MR) is 132 cm³/mol. The summed E-state index contributed by atoms with van der Waals surface area (Å²) in [4.78, 5) is 40.4. The first-order valence-electron chi connectivity index (χ1n) is 12.3. The molecule has 1 heterocycles. The summed E-state index contributed by atoms with van der Waals surface area (Å²) in [6.45, 7) is 5.75. The smallest absolute Gasteiger partial charge is 0.308 e. The van der Waals surface area contributed by atoms with Crippen molar-refractivity contribution in [2.24, 2.45) is 11.8 Å². The zero-order chi connectivity index (χ0) is 24.4. The Labute approximate surface area is 204 Å². The minimum Gasteiger partial charge on any atom is -0.427 e. The number of carbonyl (C=O) groups is 3. The number of imide groups is 1. The van der Waals surface area contributed by atoms with Gasteiger partial charge in [0.25, 0.3) is 0 Å². The van der Waals surface area contributed by atoms with Crippen LogP contribution in [0.25, 0.3) is 0 Å². The van der Waals surface area contributed by atoms with Crippen LogP contribution in [-0.4, -0.2) is 17.8 Å². The van der Waals surface area contributed by atoms with Crippen molar-refractivity contribution in [3.05, 3.63) is 94.5 Å². The molecular formula is C30H27NO4. The van der Waals surface area contributed by atoms with Gasteiger partial charge in [0.2, 0.25) is 11.8 Å². The van der Waals surface area contributed by atoms with Gasteiger partial charge in [0, 0.05) is 18.8 Å². The lowest BCUT2D eigenvalue weighted by molar-refractivity contribution is -0.132. The molecule has 1 aliphatic heterocycles. The highest BCUT2D eigenvalue weighted by atomic mass is 16.5. The summed E-state index contributed by atoms with van der Waals surface area (Å²) in [5.41, 5.74) is 6.49. The second kappa shape index (κ2) is 7.91. The van der Waals surface area contributed by atoms with Crippen molar-refractivity contribution < 1.29 is 19.1 Å². The third-order valence-electron chi connectivity index (χ3n) is 8.10. The van der Waals surface area contributed by atoms with Gasteiger partial charge in [0.05, 0.1) is 17.5 Å². The summed E-state index contributed by atoms with van der Waals surface area (Å²) in [5.74, 6) is -1.01. The Kier molecular flexibility index (Phi) is 4.92. The van der Waals surface area contributed by atoms with Crippen LogP contribution >= 0.6 is 0 Å². The fourth-order valence-corrected chi connectivity index (χ4v) is 6.37. The van der Waals surface area contributed by atoms with Crippen LogP contribution in [0.2, 0.25) is 0 Å². The molecule has 176 valence electrons. The molecule has 5 heteroatoms. The molecule has 7 rings (SSSR count). The second-order valence-electron chi connectivity index (χ2n) is 9.93. The number of rotatable bonds is 4. The van der Waals surface area contributed by atoms with E-state index >= 15 is 0 Å². The lowest BCUT2D eigenvalue weighted by Gasteiger charge is -2.46. The molecule has 2 bridgehead atoms. The fraction of sp³-hybridized carbons (Fsp3) is 0.300. The predicted octanol–water partition coefficient (Wildman–Crippen LogP) is 5.52. The normalized spacial score (nSPS) is 24.6. The molecule has 0 aromatic heterocycles. The summed E-state index contributed by atoms with van der Waals surface area (Å²) in [6, 6.07) is 21.5. The Morgan fingerprint density at radius 2 is 1.43 bits per heavy atom. The summed E-state index contributed by atoms with van der Waals surface area (Å²) in [7, 11) is 0. The maximum atomic E-state index is 13.9. The molecule has 1 saturated heterocycles. The van der Waals surface area contributed by atoms with Crippen molar-refractivity contribution in [1.29, 1.82) is 0 Å². The van der Waals surface area contributed by atoms with Crippen LogP contribution in [0.15, 0.2) is 66.7 Å². The molecule has 5 nitrogen and oxygen atoms in total. The number of ether oxygens (including phenoxy) is 1. The SMILES string of the molecule is CCC(C)c1ccc2c(c1)C1c3ccccc3C2C2C(=O)N(c3ccc(OC(C)=O)cc3)C(=O)C12. The van der Waals surface area contributed by atoms with Gasteiger partial charge in [0.1, 0.15) is 5.75 Å². The van der Waals surface area contributed by atoms with Gasteiger partial charge >= 0.3 is 5.97 Å². The molecule has 0 spiro atoms. The van der Waals surface area contributed by atoms with E-state index in [2.05, 4.69) is 44.2 Å². The zero-order valence-corrected chi connectivity index (χ0v) is 20.0. The molecule has 4 aliphatic rings. The van der Waals surface area contributed by atoms with Crippen molar-refractivity contribution in [1.82, 2.24) is 0 Å². The highest BCUT2D eigenvalue weighted by molar-refractivity contribution is 6.23. The van der Waals surface area contributed by atoms with Crippen LogP contribution in [0.4, 0.5) is 5.69 Å². The highest BCUT2D eigenvalue weighted by Gasteiger charge is 2.61. The van der Waals surface area contributed by atoms with E-state index in [0.717, 1.165) is 12.0 Å². The standard InChI is InChI=1S/C30H27NO4/c1-4-16(2)18-9-14-23-24(15-18)26-22-8-6-5-7-21(22)25(23)27-28(26)30(34)31(29(27)33)19-10-12-20(13-11-19)35-17(3)32/h5-16,25-28H,4H2,1-3H3. The molecule has 0 saturated carbocycles. The van der Waals surface area contributed by atoms with Gasteiger partial charge in [-0.2, -0.15) is 0 Å². The van der Waals surface area contributed by atoms with Crippen LogP contribution < -0.4 is 9.64 Å². The van der Waals surface area contributed by atoms with Crippen molar-refractivity contribution in [2.75, 3.05) is 4.90 Å². The van der Waals surface area contributed by atoms with Gasteiger partial charge in [-0.25, -0.2) is 4.90 Å². The Morgan fingerprint density at radius 1 is 0.857 bits per heavy atom. The molecule has 0 radical (unpaired) electrons. The number of amides is 2. The summed E-state index contributed by atoms with van der Waals surface area (Å²) in [5, 5.41) is 0. The molecule has 0 N–H and O–H groups in total. The first-order chi connectivity index (χ1) is 16.9. The van der Waals surface area contributed by atoms with E-state index in [-0.39, 0.29) is 23.7 Å². The Balaban J connectivity index is 1.46. The molecule has 1 fully saturated rings. The number of benzene rings is 3. The first kappa shape index (κ1) is 21.8. The third-order valence-corrected chi connectivity index (χ3v) is 8.10. The Hall–Kier alpha value is -3.73. The fourth-order valence-electron chi connectivity index (χ4n) is 6.37.